The highest BCUT2D eigenvalue weighted by molar-refractivity contribution is 7.11. The Balaban J connectivity index is 1.26. The zero-order valence-electron chi connectivity index (χ0n) is 13.1. The second-order valence-electron chi connectivity index (χ2n) is 7.51. The lowest BCUT2D eigenvalue weighted by molar-refractivity contribution is 0.104. The zero-order chi connectivity index (χ0) is 14.1. The zero-order valence-corrected chi connectivity index (χ0v) is 13.9. The van der Waals surface area contributed by atoms with Gasteiger partial charge in [-0.05, 0) is 69.2 Å². The van der Waals surface area contributed by atoms with Crippen LogP contribution in [0.25, 0.3) is 0 Å². The summed E-state index contributed by atoms with van der Waals surface area (Å²) in [4.78, 5) is 5.76. The molecule has 1 aromatic rings. The van der Waals surface area contributed by atoms with Gasteiger partial charge < -0.3 is 5.32 Å². The average molecular weight is 305 g/mol. The average Bonchev–Trinajstić information content (AvgIpc) is 3.05. The van der Waals surface area contributed by atoms with Crippen molar-refractivity contribution < 1.29 is 0 Å². The fourth-order valence-corrected chi connectivity index (χ4v) is 5.18. The number of hydrogen-bond donors (Lipinski definition) is 1. The lowest BCUT2D eigenvalue weighted by Gasteiger charge is -2.39. The summed E-state index contributed by atoms with van der Waals surface area (Å²) in [6.07, 6.45) is 11.7. The molecule has 0 amide bonds. The molecule has 21 heavy (non-hydrogen) atoms. The van der Waals surface area contributed by atoms with Crippen LogP contribution in [0.4, 0.5) is 0 Å². The van der Waals surface area contributed by atoms with E-state index in [2.05, 4.69) is 22.3 Å². The highest BCUT2D eigenvalue weighted by Gasteiger charge is 2.36. The van der Waals surface area contributed by atoms with E-state index in [-0.39, 0.29) is 0 Å². The van der Waals surface area contributed by atoms with Crippen LogP contribution in [0.15, 0.2) is 12.1 Å². The first-order chi connectivity index (χ1) is 10.3. The molecule has 116 valence electrons. The van der Waals surface area contributed by atoms with Crippen LogP contribution in [0.3, 0.4) is 0 Å². The van der Waals surface area contributed by atoms with Gasteiger partial charge in [0.1, 0.15) is 0 Å². The number of nitrogens with one attached hydrogen (secondary N) is 1. The van der Waals surface area contributed by atoms with E-state index in [1.807, 2.05) is 11.3 Å². The standard InChI is InChI=1S/C18H28N2S/c1-2-8-18(7-1)9-11-20(12-10-18)14-17-6-5-16(21-17)13-19-15-3-4-15/h5-6,15,19H,1-4,7-14H2. The maximum atomic E-state index is 3.62. The molecule has 0 atom stereocenters. The minimum absolute atomic E-state index is 0.755. The fraction of sp³-hybridized carbons (Fsp3) is 0.778. The molecule has 1 saturated heterocycles. The Kier molecular flexibility index (Phi) is 4.08. The number of piperidine rings is 1. The van der Waals surface area contributed by atoms with Crippen molar-refractivity contribution in [2.24, 2.45) is 5.41 Å². The lowest BCUT2D eigenvalue weighted by Crippen LogP contribution is -2.38. The highest BCUT2D eigenvalue weighted by Crippen LogP contribution is 2.46. The predicted molar refractivity (Wildman–Crippen MR) is 89.6 cm³/mol. The first kappa shape index (κ1) is 14.2. The van der Waals surface area contributed by atoms with E-state index in [0.717, 1.165) is 18.0 Å². The van der Waals surface area contributed by atoms with E-state index in [1.54, 1.807) is 4.88 Å². The first-order valence-corrected chi connectivity index (χ1v) is 9.66. The molecule has 2 nitrogen and oxygen atoms in total. The Morgan fingerprint density at radius 1 is 1.05 bits per heavy atom. The Bertz CT molecular complexity index is 461. The van der Waals surface area contributed by atoms with E-state index in [1.165, 1.54) is 75.9 Å². The number of rotatable bonds is 5. The monoisotopic (exact) mass is 304 g/mol. The van der Waals surface area contributed by atoms with Gasteiger partial charge in [0.05, 0.1) is 0 Å². The Morgan fingerprint density at radius 3 is 2.48 bits per heavy atom. The molecule has 2 saturated carbocycles. The molecule has 3 aliphatic rings. The third kappa shape index (κ3) is 3.52. The third-order valence-corrected chi connectivity index (χ3v) is 6.89. The van der Waals surface area contributed by atoms with Crippen molar-refractivity contribution in [3.05, 3.63) is 21.9 Å². The summed E-state index contributed by atoms with van der Waals surface area (Å²) in [5, 5.41) is 3.62. The first-order valence-electron chi connectivity index (χ1n) is 8.85. The van der Waals surface area contributed by atoms with Crippen LogP contribution >= 0.6 is 11.3 Å². The van der Waals surface area contributed by atoms with Gasteiger partial charge in [-0.15, -0.1) is 11.3 Å². The van der Waals surface area contributed by atoms with Gasteiger partial charge in [0, 0.05) is 28.9 Å². The molecular weight excluding hydrogens is 276 g/mol. The van der Waals surface area contributed by atoms with Crippen LogP contribution in [0.5, 0.6) is 0 Å². The van der Waals surface area contributed by atoms with Gasteiger partial charge >= 0.3 is 0 Å². The topological polar surface area (TPSA) is 15.3 Å². The van der Waals surface area contributed by atoms with Gasteiger partial charge in [-0.25, -0.2) is 0 Å². The molecule has 2 heterocycles. The number of nitrogens with zero attached hydrogens (tertiary/aromatic N) is 1. The highest BCUT2D eigenvalue weighted by atomic mass is 32.1. The van der Waals surface area contributed by atoms with E-state index in [0.29, 0.717) is 0 Å². The van der Waals surface area contributed by atoms with Crippen LogP contribution in [-0.4, -0.2) is 24.0 Å². The second-order valence-corrected chi connectivity index (χ2v) is 8.76. The third-order valence-electron chi connectivity index (χ3n) is 5.82. The van der Waals surface area contributed by atoms with Crippen molar-refractivity contribution in [3.8, 4) is 0 Å². The minimum atomic E-state index is 0.755. The Morgan fingerprint density at radius 2 is 1.76 bits per heavy atom. The molecule has 1 spiro atoms. The van der Waals surface area contributed by atoms with Gasteiger partial charge in [-0.1, -0.05) is 12.8 Å². The van der Waals surface area contributed by atoms with Crippen molar-refractivity contribution >= 4 is 11.3 Å². The van der Waals surface area contributed by atoms with Crippen LogP contribution < -0.4 is 5.32 Å². The van der Waals surface area contributed by atoms with Crippen molar-refractivity contribution in [1.29, 1.82) is 0 Å². The van der Waals surface area contributed by atoms with Crippen molar-refractivity contribution in [3.63, 3.8) is 0 Å². The molecule has 0 unspecified atom stereocenters. The van der Waals surface area contributed by atoms with Crippen molar-refractivity contribution in [2.45, 2.75) is 70.5 Å². The van der Waals surface area contributed by atoms with Crippen LogP contribution in [0.1, 0.15) is 61.1 Å². The van der Waals surface area contributed by atoms with Crippen molar-refractivity contribution in [1.82, 2.24) is 10.2 Å². The second kappa shape index (κ2) is 6.02. The summed E-state index contributed by atoms with van der Waals surface area (Å²) < 4.78 is 0. The maximum absolute atomic E-state index is 3.62. The van der Waals surface area contributed by atoms with Gasteiger partial charge in [0.25, 0.3) is 0 Å². The number of likely N-dealkylation sites (tertiary alicyclic amines) is 1. The van der Waals surface area contributed by atoms with E-state index in [4.69, 9.17) is 0 Å². The molecular formula is C18H28N2S. The molecule has 1 N–H and O–H groups in total. The molecule has 4 rings (SSSR count). The molecule has 3 fully saturated rings. The Hall–Kier alpha value is -0.380. The molecule has 2 aliphatic carbocycles. The molecule has 1 aliphatic heterocycles. The van der Waals surface area contributed by atoms with Gasteiger partial charge in [0.15, 0.2) is 0 Å². The summed E-state index contributed by atoms with van der Waals surface area (Å²) >= 11 is 2.02. The van der Waals surface area contributed by atoms with Gasteiger partial charge in [-0.2, -0.15) is 0 Å². The number of thiophene rings is 1. The molecule has 1 aromatic heterocycles. The maximum Gasteiger partial charge on any atom is 0.0328 e. The van der Waals surface area contributed by atoms with Gasteiger partial charge in [-0.3, -0.25) is 4.90 Å². The predicted octanol–water partition coefficient (Wildman–Crippen LogP) is 4.16. The fourth-order valence-electron chi connectivity index (χ4n) is 4.17. The van der Waals surface area contributed by atoms with Crippen LogP contribution in [0.2, 0.25) is 0 Å². The van der Waals surface area contributed by atoms with Crippen molar-refractivity contribution in [2.75, 3.05) is 13.1 Å². The molecule has 0 radical (unpaired) electrons. The van der Waals surface area contributed by atoms with Crippen LogP contribution in [0, 0.1) is 5.41 Å². The van der Waals surface area contributed by atoms with E-state index in [9.17, 15) is 0 Å². The quantitative estimate of drug-likeness (QED) is 0.879. The lowest BCUT2D eigenvalue weighted by atomic mass is 9.77. The smallest absolute Gasteiger partial charge is 0.0328 e. The van der Waals surface area contributed by atoms with E-state index >= 15 is 0 Å². The SMILES string of the molecule is c1cc(CN2CCC3(CCCC3)CC2)sc1CNC1CC1. The minimum Gasteiger partial charge on any atom is -0.309 e. The largest absolute Gasteiger partial charge is 0.309 e. The summed E-state index contributed by atoms with van der Waals surface area (Å²) in [6.45, 7) is 4.92. The summed E-state index contributed by atoms with van der Waals surface area (Å²) in [6, 6.07) is 5.51. The summed E-state index contributed by atoms with van der Waals surface area (Å²) in [7, 11) is 0. The molecule has 0 bridgehead atoms. The number of hydrogen-bond acceptors (Lipinski definition) is 3. The van der Waals surface area contributed by atoms with E-state index < -0.39 is 0 Å². The summed E-state index contributed by atoms with van der Waals surface area (Å²) in [5.41, 5.74) is 0.755. The molecule has 0 aromatic carbocycles. The summed E-state index contributed by atoms with van der Waals surface area (Å²) in [5.74, 6) is 0. The van der Waals surface area contributed by atoms with Crippen LogP contribution in [-0.2, 0) is 13.1 Å². The van der Waals surface area contributed by atoms with Gasteiger partial charge in [0.2, 0.25) is 0 Å². The Labute approximate surface area is 132 Å². The molecule has 3 heteroatoms. The normalized spacial score (nSPS) is 25.7.